The van der Waals surface area contributed by atoms with Crippen molar-refractivity contribution in [2.24, 2.45) is 5.73 Å². The highest BCUT2D eigenvalue weighted by molar-refractivity contribution is 5.28. The molecule has 1 heterocycles. The first-order chi connectivity index (χ1) is 9.13. The van der Waals surface area contributed by atoms with Gasteiger partial charge in [-0.1, -0.05) is 32.0 Å². The average molecular weight is 264 g/mol. The van der Waals surface area contributed by atoms with Gasteiger partial charge in [0.2, 0.25) is 0 Å². The van der Waals surface area contributed by atoms with E-state index in [1.807, 2.05) is 12.1 Å². The second-order valence-electron chi connectivity index (χ2n) is 5.54. The normalized spacial score (nSPS) is 21.3. The van der Waals surface area contributed by atoms with Crippen LogP contribution in [0.4, 0.5) is 4.39 Å². The molecule has 0 bridgehead atoms. The van der Waals surface area contributed by atoms with E-state index in [2.05, 4.69) is 18.7 Å². The van der Waals surface area contributed by atoms with Gasteiger partial charge in [0.15, 0.2) is 0 Å². The zero-order valence-electron chi connectivity index (χ0n) is 12.0. The summed E-state index contributed by atoms with van der Waals surface area (Å²) in [6.45, 7) is 6.39. The third-order valence-electron chi connectivity index (χ3n) is 4.52. The van der Waals surface area contributed by atoms with Crippen LogP contribution in [0.15, 0.2) is 24.3 Å². The summed E-state index contributed by atoms with van der Waals surface area (Å²) < 4.78 is 14.2. The van der Waals surface area contributed by atoms with Crippen molar-refractivity contribution in [3.63, 3.8) is 0 Å². The first-order valence-corrected chi connectivity index (χ1v) is 7.41. The van der Waals surface area contributed by atoms with Crippen molar-refractivity contribution in [2.75, 3.05) is 13.1 Å². The summed E-state index contributed by atoms with van der Waals surface area (Å²) in [5, 5.41) is 0. The molecule has 1 aliphatic heterocycles. The molecule has 106 valence electrons. The first-order valence-electron chi connectivity index (χ1n) is 7.41. The highest BCUT2D eigenvalue weighted by Gasteiger charge is 2.40. The minimum absolute atomic E-state index is 0.176. The molecule has 1 aromatic rings. The quantitative estimate of drug-likeness (QED) is 0.884. The number of hydrogen-bond acceptors (Lipinski definition) is 2. The van der Waals surface area contributed by atoms with Crippen molar-refractivity contribution in [3.8, 4) is 0 Å². The summed E-state index contributed by atoms with van der Waals surface area (Å²) in [4.78, 5) is 2.44. The minimum Gasteiger partial charge on any atom is -0.320 e. The molecule has 1 aromatic carbocycles. The van der Waals surface area contributed by atoms with Crippen molar-refractivity contribution in [1.29, 1.82) is 0 Å². The van der Waals surface area contributed by atoms with E-state index in [0.717, 1.165) is 25.9 Å². The van der Waals surface area contributed by atoms with Crippen molar-refractivity contribution in [3.05, 3.63) is 35.6 Å². The van der Waals surface area contributed by atoms with Gasteiger partial charge in [-0.2, -0.15) is 0 Å². The van der Waals surface area contributed by atoms with Gasteiger partial charge in [0.25, 0.3) is 0 Å². The van der Waals surface area contributed by atoms with Crippen molar-refractivity contribution >= 4 is 0 Å². The van der Waals surface area contributed by atoms with Crippen molar-refractivity contribution in [2.45, 2.75) is 51.1 Å². The molecule has 2 atom stereocenters. The summed E-state index contributed by atoms with van der Waals surface area (Å²) in [5.41, 5.74) is 6.74. The molecule has 3 heteroatoms. The monoisotopic (exact) mass is 264 g/mol. The Kier molecular flexibility index (Phi) is 4.58. The number of nitrogens with two attached hydrogens (primary N) is 1. The third kappa shape index (κ3) is 2.67. The maximum absolute atomic E-state index is 14.2. The molecule has 0 spiro atoms. The Morgan fingerprint density at radius 1 is 1.26 bits per heavy atom. The van der Waals surface area contributed by atoms with Gasteiger partial charge in [-0.05, 0) is 44.8 Å². The molecule has 0 aliphatic carbocycles. The Balaban J connectivity index is 2.37. The number of halogens is 1. The predicted octanol–water partition coefficient (Wildman–Crippen LogP) is 3.26. The van der Waals surface area contributed by atoms with Crippen LogP contribution in [0.3, 0.4) is 0 Å². The Morgan fingerprint density at radius 3 is 2.42 bits per heavy atom. The zero-order chi connectivity index (χ0) is 13.9. The molecule has 2 unspecified atom stereocenters. The highest BCUT2D eigenvalue weighted by Crippen LogP contribution is 2.34. The third-order valence-corrected chi connectivity index (χ3v) is 4.52. The van der Waals surface area contributed by atoms with Crippen LogP contribution in [-0.4, -0.2) is 24.0 Å². The fraction of sp³-hybridized carbons (Fsp3) is 0.625. The average Bonchev–Trinajstić information content (AvgIpc) is 2.93. The van der Waals surface area contributed by atoms with E-state index in [1.165, 1.54) is 18.9 Å². The van der Waals surface area contributed by atoms with Crippen LogP contribution in [0.25, 0.3) is 0 Å². The second-order valence-corrected chi connectivity index (χ2v) is 5.54. The van der Waals surface area contributed by atoms with Crippen LogP contribution in [0.1, 0.15) is 45.1 Å². The van der Waals surface area contributed by atoms with E-state index in [-0.39, 0.29) is 11.9 Å². The lowest BCUT2D eigenvalue weighted by atomic mass is 9.79. The van der Waals surface area contributed by atoms with E-state index >= 15 is 0 Å². The molecule has 2 N–H and O–H groups in total. The Bertz CT molecular complexity index is 415. The molecule has 19 heavy (non-hydrogen) atoms. The van der Waals surface area contributed by atoms with Crippen LogP contribution in [-0.2, 0) is 5.54 Å². The minimum atomic E-state index is -0.593. The van der Waals surface area contributed by atoms with Gasteiger partial charge in [-0.3, -0.25) is 4.90 Å². The molecular weight excluding hydrogens is 239 g/mol. The van der Waals surface area contributed by atoms with E-state index in [4.69, 9.17) is 5.73 Å². The van der Waals surface area contributed by atoms with Crippen LogP contribution in [0.5, 0.6) is 0 Å². The Labute approximate surface area is 115 Å². The first kappa shape index (κ1) is 14.5. The summed E-state index contributed by atoms with van der Waals surface area (Å²) in [6.07, 6.45) is 4.17. The van der Waals surface area contributed by atoms with E-state index in [9.17, 15) is 4.39 Å². The summed E-state index contributed by atoms with van der Waals surface area (Å²) in [7, 11) is 0. The molecule has 0 aromatic heterocycles. The molecule has 0 radical (unpaired) electrons. The number of likely N-dealkylation sites (tertiary alicyclic amines) is 1. The number of benzene rings is 1. The van der Waals surface area contributed by atoms with Gasteiger partial charge in [0.05, 0.1) is 5.54 Å². The van der Waals surface area contributed by atoms with Crippen molar-refractivity contribution in [1.82, 2.24) is 4.90 Å². The van der Waals surface area contributed by atoms with Gasteiger partial charge >= 0.3 is 0 Å². The fourth-order valence-electron chi connectivity index (χ4n) is 3.45. The molecule has 2 nitrogen and oxygen atoms in total. The SMILES string of the molecule is CCC(N1CCCC1)C(N)(CC)c1ccccc1F. The van der Waals surface area contributed by atoms with E-state index in [0.29, 0.717) is 5.56 Å². The van der Waals surface area contributed by atoms with Crippen molar-refractivity contribution < 1.29 is 4.39 Å². The van der Waals surface area contributed by atoms with Gasteiger partial charge < -0.3 is 5.73 Å². The van der Waals surface area contributed by atoms with Gasteiger partial charge in [-0.25, -0.2) is 4.39 Å². The number of rotatable bonds is 5. The molecular formula is C16H25FN2. The molecule has 1 aliphatic rings. The lowest BCUT2D eigenvalue weighted by Gasteiger charge is -2.42. The number of hydrogen-bond donors (Lipinski definition) is 1. The molecule has 1 saturated heterocycles. The smallest absolute Gasteiger partial charge is 0.128 e. The topological polar surface area (TPSA) is 29.3 Å². The standard InChI is InChI=1S/C16H25FN2/c1-3-15(19-11-7-8-12-19)16(18,4-2)13-9-5-6-10-14(13)17/h5-6,9-10,15H,3-4,7-8,11-12,18H2,1-2H3. The molecule has 1 fully saturated rings. The Hall–Kier alpha value is -0.930. The van der Waals surface area contributed by atoms with Crippen LogP contribution < -0.4 is 5.73 Å². The zero-order valence-corrected chi connectivity index (χ0v) is 12.0. The molecule has 0 amide bonds. The lowest BCUT2D eigenvalue weighted by molar-refractivity contribution is 0.133. The largest absolute Gasteiger partial charge is 0.320 e. The van der Waals surface area contributed by atoms with E-state index < -0.39 is 5.54 Å². The fourth-order valence-corrected chi connectivity index (χ4v) is 3.45. The maximum atomic E-state index is 14.2. The highest BCUT2D eigenvalue weighted by atomic mass is 19.1. The van der Waals surface area contributed by atoms with Crippen LogP contribution >= 0.6 is 0 Å². The number of nitrogens with zero attached hydrogens (tertiary/aromatic N) is 1. The van der Waals surface area contributed by atoms with Crippen LogP contribution in [0, 0.1) is 5.82 Å². The van der Waals surface area contributed by atoms with Crippen LogP contribution in [0.2, 0.25) is 0 Å². The molecule has 2 rings (SSSR count). The maximum Gasteiger partial charge on any atom is 0.128 e. The van der Waals surface area contributed by atoms with Gasteiger partial charge in [0.1, 0.15) is 5.82 Å². The summed E-state index contributed by atoms with van der Waals surface area (Å²) >= 11 is 0. The lowest BCUT2D eigenvalue weighted by Crippen LogP contribution is -2.55. The molecule has 0 saturated carbocycles. The summed E-state index contributed by atoms with van der Waals surface area (Å²) in [5.74, 6) is -0.176. The second kappa shape index (κ2) is 6.02. The van der Waals surface area contributed by atoms with Gasteiger partial charge in [-0.15, -0.1) is 0 Å². The van der Waals surface area contributed by atoms with E-state index in [1.54, 1.807) is 6.07 Å². The summed E-state index contributed by atoms with van der Waals surface area (Å²) in [6, 6.07) is 7.19. The predicted molar refractivity (Wildman–Crippen MR) is 77.4 cm³/mol. The Morgan fingerprint density at radius 2 is 1.89 bits per heavy atom. The van der Waals surface area contributed by atoms with Gasteiger partial charge in [0, 0.05) is 11.6 Å².